The molecule has 2 N–H and O–H groups in total. The molecule has 0 aliphatic heterocycles. The molecule has 1 aromatic rings. The number of rotatable bonds is 4. The van der Waals surface area contributed by atoms with Gasteiger partial charge in [-0.25, -0.2) is 4.79 Å². The van der Waals surface area contributed by atoms with E-state index in [1.807, 2.05) is 20.8 Å². The Kier molecular flexibility index (Phi) is 5.20. The molecular formula is C15H24N2O. The van der Waals surface area contributed by atoms with Gasteiger partial charge in [-0.15, -0.1) is 0 Å². The number of nitrogens with one attached hydrogen (secondary N) is 2. The number of benzene rings is 1. The van der Waals surface area contributed by atoms with E-state index in [0.717, 1.165) is 12.8 Å². The molecule has 18 heavy (non-hydrogen) atoms. The van der Waals surface area contributed by atoms with Crippen LogP contribution in [0.4, 0.5) is 4.79 Å². The summed E-state index contributed by atoms with van der Waals surface area (Å²) in [5.41, 5.74) is 2.43. The molecular weight excluding hydrogens is 224 g/mol. The summed E-state index contributed by atoms with van der Waals surface area (Å²) in [4.78, 5) is 11.5. The van der Waals surface area contributed by atoms with Gasteiger partial charge in [0.15, 0.2) is 0 Å². The lowest BCUT2D eigenvalue weighted by molar-refractivity contribution is 0.232. The molecule has 0 bridgehead atoms. The zero-order valence-electron chi connectivity index (χ0n) is 11.8. The maximum atomic E-state index is 11.5. The van der Waals surface area contributed by atoms with E-state index >= 15 is 0 Å². The number of aryl methyl sites for hydroxylation is 2. The summed E-state index contributed by atoms with van der Waals surface area (Å²) in [6.45, 7) is 8.71. The summed E-state index contributed by atoms with van der Waals surface area (Å²) in [6, 6.07) is 8.40. The lowest BCUT2D eigenvalue weighted by Gasteiger charge is -2.20. The van der Waals surface area contributed by atoms with E-state index in [4.69, 9.17) is 0 Å². The van der Waals surface area contributed by atoms with Gasteiger partial charge < -0.3 is 10.6 Å². The van der Waals surface area contributed by atoms with Crippen LogP contribution >= 0.6 is 0 Å². The minimum absolute atomic E-state index is 0.0910. The summed E-state index contributed by atoms with van der Waals surface area (Å²) in [6.07, 6.45) is 1.96. The minimum Gasteiger partial charge on any atom is -0.338 e. The van der Waals surface area contributed by atoms with E-state index in [9.17, 15) is 4.79 Å². The highest BCUT2D eigenvalue weighted by atomic mass is 16.2. The predicted octanol–water partition coefficient (Wildman–Crippen LogP) is 3.03. The van der Waals surface area contributed by atoms with Crippen molar-refractivity contribution >= 4 is 6.03 Å². The number of amides is 2. The fourth-order valence-corrected chi connectivity index (χ4v) is 1.75. The van der Waals surface area contributed by atoms with Crippen LogP contribution in [-0.4, -0.2) is 18.1 Å². The first-order chi connectivity index (χ1) is 8.37. The molecule has 3 nitrogen and oxygen atoms in total. The zero-order chi connectivity index (χ0) is 13.6. The van der Waals surface area contributed by atoms with Crippen LogP contribution in [0.15, 0.2) is 24.3 Å². The summed E-state index contributed by atoms with van der Waals surface area (Å²) < 4.78 is 0. The number of hydrogen-bond acceptors (Lipinski definition) is 1. The first kappa shape index (κ1) is 14.6. The number of carbonyl (C=O) groups excluding carboxylic acids is 1. The van der Waals surface area contributed by atoms with Crippen LogP contribution in [0.2, 0.25) is 0 Å². The van der Waals surface area contributed by atoms with Gasteiger partial charge in [0.2, 0.25) is 0 Å². The maximum Gasteiger partial charge on any atom is 0.315 e. The molecule has 0 heterocycles. The normalized spacial score (nSPS) is 11.1. The van der Waals surface area contributed by atoms with Crippen molar-refractivity contribution in [2.45, 2.75) is 46.1 Å². The predicted molar refractivity (Wildman–Crippen MR) is 75.8 cm³/mol. The quantitative estimate of drug-likeness (QED) is 0.790. The van der Waals surface area contributed by atoms with E-state index in [1.54, 1.807) is 0 Å². The first-order valence-electron chi connectivity index (χ1n) is 6.48. The van der Waals surface area contributed by atoms with Gasteiger partial charge in [0.05, 0.1) is 0 Å². The lowest BCUT2D eigenvalue weighted by atomic mass is 10.1. The molecule has 0 unspecified atom stereocenters. The van der Waals surface area contributed by atoms with Gasteiger partial charge in [-0.05, 0) is 46.1 Å². The van der Waals surface area contributed by atoms with Crippen LogP contribution in [-0.2, 0) is 6.42 Å². The fourth-order valence-electron chi connectivity index (χ4n) is 1.75. The molecule has 0 aromatic heterocycles. The third-order valence-corrected chi connectivity index (χ3v) is 2.50. The molecule has 0 atom stereocenters. The first-order valence-corrected chi connectivity index (χ1v) is 6.48. The van der Waals surface area contributed by atoms with Gasteiger partial charge in [-0.1, -0.05) is 29.8 Å². The highest BCUT2D eigenvalue weighted by Crippen LogP contribution is 2.06. The SMILES string of the molecule is Cc1cccc(CCCNC(=O)NC(C)(C)C)c1. The Morgan fingerprint density at radius 2 is 2.00 bits per heavy atom. The van der Waals surface area contributed by atoms with E-state index in [1.165, 1.54) is 11.1 Å². The number of hydrogen-bond donors (Lipinski definition) is 2. The zero-order valence-corrected chi connectivity index (χ0v) is 11.8. The second-order valence-corrected chi connectivity index (χ2v) is 5.72. The highest BCUT2D eigenvalue weighted by molar-refractivity contribution is 5.74. The van der Waals surface area contributed by atoms with Crippen LogP contribution in [0.3, 0.4) is 0 Å². The molecule has 0 aliphatic rings. The molecule has 0 saturated heterocycles. The smallest absolute Gasteiger partial charge is 0.315 e. The minimum atomic E-state index is -0.180. The Morgan fingerprint density at radius 1 is 1.28 bits per heavy atom. The van der Waals surface area contributed by atoms with E-state index < -0.39 is 0 Å². The summed E-state index contributed by atoms with van der Waals surface area (Å²) in [5.74, 6) is 0. The summed E-state index contributed by atoms with van der Waals surface area (Å²) in [5, 5.41) is 5.75. The van der Waals surface area contributed by atoms with E-state index in [2.05, 4.69) is 41.8 Å². The van der Waals surface area contributed by atoms with Gasteiger partial charge in [0.1, 0.15) is 0 Å². The molecule has 3 heteroatoms. The molecule has 1 aromatic carbocycles. The van der Waals surface area contributed by atoms with Crippen LogP contribution in [0.5, 0.6) is 0 Å². The topological polar surface area (TPSA) is 41.1 Å². The third-order valence-electron chi connectivity index (χ3n) is 2.50. The standard InChI is InChI=1S/C15H24N2O/c1-12-7-5-8-13(11-12)9-6-10-16-14(18)17-15(2,3)4/h5,7-8,11H,6,9-10H2,1-4H3,(H2,16,17,18). The Bertz CT molecular complexity index is 394. The molecule has 0 aliphatic carbocycles. The van der Waals surface area contributed by atoms with E-state index in [-0.39, 0.29) is 11.6 Å². The van der Waals surface area contributed by atoms with Crippen molar-refractivity contribution in [2.24, 2.45) is 0 Å². The average Bonchev–Trinajstić information content (AvgIpc) is 2.22. The van der Waals surface area contributed by atoms with Crippen LogP contribution in [0.25, 0.3) is 0 Å². The summed E-state index contributed by atoms with van der Waals surface area (Å²) >= 11 is 0. The van der Waals surface area contributed by atoms with Crippen molar-refractivity contribution in [1.82, 2.24) is 10.6 Å². The van der Waals surface area contributed by atoms with Crippen LogP contribution in [0, 0.1) is 6.92 Å². The number of urea groups is 1. The van der Waals surface area contributed by atoms with Gasteiger partial charge in [0, 0.05) is 12.1 Å². The largest absolute Gasteiger partial charge is 0.338 e. The molecule has 0 saturated carbocycles. The van der Waals surface area contributed by atoms with Crippen molar-refractivity contribution in [1.29, 1.82) is 0 Å². The summed E-state index contributed by atoms with van der Waals surface area (Å²) in [7, 11) is 0. The second-order valence-electron chi connectivity index (χ2n) is 5.72. The van der Waals surface area contributed by atoms with Crippen molar-refractivity contribution in [2.75, 3.05) is 6.54 Å². The maximum absolute atomic E-state index is 11.5. The van der Waals surface area contributed by atoms with Crippen molar-refractivity contribution < 1.29 is 4.79 Å². The highest BCUT2D eigenvalue weighted by Gasteiger charge is 2.12. The monoisotopic (exact) mass is 248 g/mol. The molecule has 2 amide bonds. The van der Waals surface area contributed by atoms with Gasteiger partial charge in [-0.2, -0.15) is 0 Å². The average molecular weight is 248 g/mol. The molecule has 1 rings (SSSR count). The number of carbonyl (C=O) groups is 1. The van der Waals surface area contributed by atoms with Crippen LogP contribution < -0.4 is 10.6 Å². The van der Waals surface area contributed by atoms with Crippen molar-refractivity contribution in [3.05, 3.63) is 35.4 Å². The molecule has 0 spiro atoms. The van der Waals surface area contributed by atoms with Crippen LogP contribution in [0.1, 0.15) is 38.3 Å². The van der Waals surface area contributed by atoms with Crippen molar-refractivity contribution in [3.63, 3.8) is 0 Å². The Hall–Kier alpha value is -1.51. The van der Waals surface area contributed by atoms with Gasteiger partial charge in [-0.3, -0.25) is 0 Å². The molecule has 0 radical (unpaired) electrons. The second kappa shape index (κ2) is 6.43. The van der Waals surface area contributed by atoms with Gasteiger partial charge in [0.25, 0.3) is 0 Å². The van der Waals surface area contributed by atoms with Crippen molar-refractivity contribution in [3.8, 4) is 0 Å². The fraction of sp³-hybridized carbons (Fsp3) is 0.533. The molecule has 100 valence electrons. The lowest BCUT2D eigenvalue weighted by Crippen LogP contribution is -2.46. The Labute approximate surface area is 110 Å². The van der Waals surface area contributed by atoms with E-state index in [0.29, 0.717) is 6.54 Å². The van der Waals surface area contributed by atoms with Gasteiger partial charge >= 0.3 is 6.03 Å². The molecule has 0 fully saturated rings. The Morgan fingerprint density at radius 3 is 2.61 bits per heavy atom. The Balaban J connectivity index is 2.21. The third kappa shape index (κ3) is 6.28.